The summed E-state index contributed by atoms with van der Waals surface area (Å²) < 4.78 is 3.70. The quantitative estimate of drug-likeness (QED) is 0.418. The molecule has 0 fully saturated rings. The Bertz CT molecular complexity index is 1380. The Morgan fingerprint density at radius 2 is 2.06 bits per heavy atom. The third kappa shape index (κ3) is 3.77. The number of hydrogen-bond donors (Lipinski definition) is 1. The maximum Gasteiger partial charge on any atom is 0.264 e. The van der Waals surface area contributed by atoms with Crippen LogP contribution in [0.3, 0.4) is 0 Å². The van der Waals surface area contributed by atoms with Crippen LogP contribution < -0.4 is 10.9 Å². The molecular weight excluding hydrogens is 418 g/mol. The van der Waals surface area contributed by atoms with Crippen molar-refractivity contribution in [3.8, 4) is 0 Å². The summed E-state index contributed by atoms with van der Waals surface area (Å²) in [6, 6.07) is 10.3. The highest BCUT2D eigenvalue weighted by Gasteiger charge is 2.22. The molecule has 1 aromatic carbocycles. The lowest BCUT2D eigenvalue weighted by molar-refractivity contribution is 0.659. The highest BCUT2D eigenvalue weighted by Crippen LogP contribution is 2.34. The SMILES string of the molecule is C=CCn1c(Nc2cccc(Cn3nc(C)cc3C)c2)nc2sc3c(c2c1=O)CCCC3. The van der Waals surface area contributed by atoms with E-state index in [1.807, 2.05) is 23.7 Å². The standard InChI is InChI=1S/C25H27N5OS/c1-4-12-29-24(31)22-20-10-5-6-11-21(20)32-23(22)27-25(29)26-19-9-7-8-18(14-19)15-30-17(3)13-16(2)28-30/h4,7-9,13-14H,1,5-6,10-12,15H2,2-3H3,(H,26,27). The molecule has 0 radical (unpaired) electrons. The van der Waals surface area contributed by atoms with Gasteiger partial charge in [0.05, 0.1) is 17.6 Å². The van der Waals surface area contributed by atoms with E-state index in [1.54, 1.807) is 22.0 Å². The first-order valence-corrected chi connectivity index (χ1v) is 11.9. The van der Waals surface area contributed by atoms with Crippen molar-refractivity contribution in [2.24, 2.45) is 0 Å². The van der Waals surface area contributed by atoms with E-state index in [2.05, 4.69) is 42.1 Å². The normalized spacial score (nSPS) is 13.3. The van der Waals surface area contributed by atoms with E-state index in [9.17, 15) is 4.79 Å². The maximum atomic E-state index is 13.4. The van der Waals surface area contributed by atoms with E-state index < -0.39 is 0 Å². The molecule has 5 rings (SSSR count). The minimum atomic E-state index is 0.0237. The Labute approximate surface area is 191 Å². The molecule has 0 amide bonds. The lowest BCUT2D eigenvalue weighted by Crippen LogP contribution is -2.24. The summed E-state index contributed by atoms with van der Waals surface area (Å²) in [5.41, 5.74) is 5.41. The van der Waals surface area contributed by atoms with E-state index in [0.29, 0.717) is 19.0 Å². The molecule has 0 atom stereocenters. The average molecular weight is 446 g/mol. The van der Waals surface area contributed by atoms with Gasteiger partial charge in [-0.3, -0.25) is 14.0 Å². The second-order valence-electron chi connectivity index (χ2n) is 8.44. The molecule has 1 N–H and O–H groups in total. The number of nitrogens with zero attached hydrogens (tertiary/aromatic N) is 4. The molecule has 1 aliphatic rings. The molecule has 0 saturated carbocycles. The minimum absolute atomic E-state index is 0.0237. The molecule has 32 heavy (non-hydrogen) atoms. The van der Waals surface area contributed by atoms with Crippen molar-refractivity contribution < 1.29 is 0 Å². The second kappa shape index (κ2) is 8.39. The predicted octanol–water partition coefficient (Wildman–Crippen LogP) is 5.13. The Balaban J connectivity index is 1.52. The van der Waals surface area contributed by atoms with Gasteiger partial charge in [0.2, 0.25) is 5.95 Å². The van der Waals surface area contributed by atoms with Gasteiger partial charge in [-0.05, 0) is 68.9 Å². The summed E-state index contributed by atoms with van der Waals surface area (Å²) in [5, 5.41) is 8.76. The van der Waals surface area contributed by atoms with Crippen LogP contribution in [-0.2, 0) is 25.9 Å². The summed E-state index contributed by atoms with van der Waals surface area (Å²) in [7, 11) is 0. The van der Waals surface area contributed by atoms with Gasteiger partial charge >= 0.3 is 0 Å². The largest absolute Gasteiger partial charge is 0.325 e. The molecule has 0 bridgehead atoms. The Kier molecular flexibility index (Phi) is 5.43. The monoisotopic (exact) mass is 445 g/mol. The van der Waals surface area contributed by atoms with Crippen LogP contribution in [0.5, 0.6) is 0 Å². The third-order valence-electron chi connectivity index (χ3n) is 6.01. The number of nitrogens with one attached hydrogen (secondary N) is 1. The summed E-state index contributed by atoms with van der Waals surface area (Å²) in [6.07, 6.45) is 6.10. The van der Waals surface area contributed by atoms with Crippen LogP contribution >= 0.6 is 11.3 Å². The number of rotatable bonds is 6. The fraction of sp³-hybridized carbons (Fsp3) is 0.320. The smallest absolute Gasteiger partial charge is 0.264 e. The molecule has 0 spiro atoms. The number of allylic oxidation sites excluding steroid dienone is 1. The molecule has 7 heteroatoms. The molecule has 6 nitrogen and oxygen atoms in total. The molecule has 4 aromatic rings. The van der Waals surface area contributed by atoms with Gasteiger partial charge in [0.1, 0.15) is 4.83 Å². The Morgan fingerprint density at radius 1 is 1.22 bits per heavy atom. The number of thiophene rings is 1. The van der Waals surface area contributed by atoms with Crippen LogP contribution in [0.4, 0.5) is 11.6 Å². The van der Waals surface area contributed by atoms with Crippen molar-refractivity contribution in [2.45, 2.75) is 52.6 Å². The minimum Gasteiger partial charge on any atom is -0.325 e. The van der Waals surface area contributed by atoms with Crippen LogP contribution in [0.15, 0.2) is 47.8 Å². The van der Waals surface area contributed by atoms with Gasteiger partial charge in [0, 0.05) is 22.8 Å². The zero-order chi connectivity index (χ0) is 22.2. The Hall–Kier alpha value is -3.19. The summed E-state index contributed by atoms with van der Waals surface area (Å²) in [5.74, 6) is 0.560. The average Bonchev–Trinajstić information content (AvgIpc) is 3.29. The van der Waals surface area contributed by atoms with Crippen LogP contribution in [0.25, 0.3) is 10.2 Å². The van der Waals surface area contributed by atoms with Gasteiger partial charge in [-0.1, -0.05) is 18.2 Å². The van der Waals surface area contributed by atoms with Crippen LogP contribution in [-0.4, -0.2) is 19.3 Å². The van der Waals surface area contributed by atoms with Crippen molar-refractivity contribution in [3.05, 3.63) is 80.7 Å². The van der Waals surface area contributed by atoms with Crippen molar-refractivity contribution in [2.75, 3.05) is 5.32 Å². The van der Waals surface area contributed by atoms with E-state index in [-0.39, 0.29) is 5.56 Å². The summed E-state index contributed by atoms with van der Waals surface area (Å²) >= 11 is 1.67. The number of benzene rings is 1. The molecule has 3 heterocycles. The lowest BCUT2D eigenvalue weighted by atomic mass is 9.97. The number of aromatic nitrogens is 4. The van der Waals surface area contributed by atoms with Crippen molar-refractivity contribution in [3.63, 3.8) is 0 Å². The lowest BCUT2D eigenvalue weighted by Gasteiger charge is -2.14. The zero-order valence-electron chi connectivity index (χ0n) is 18.5. The Morgan fingerprint density at radius 3 is 2.84 bits per heavy atom. The topological polar surface area (TPSA) is 64.7 Å². The van der Waals surface area contributed by atoms with Crippen LogP contribution in [0.2, 0.25) is 0 Å². The first-order chi connectivity index (χ1) is 15.5. The molecule has 1 aliphatic carbocycles. The first-order valence-electron chi connectivity index (χ1n) is 11.1. The van der Waals surface area contributed by atoms with Gasteiger partial charge in [0.25, 0.3) is 5.56 Å². The number of fused-ring (bicyclic) bond motifs is 3. The highest BCUT2D eigenvalue weighted by molar-refractivity contribution is 7.18. The van der Waals surface area contributed by atoms with Gasteiger partial charge in [-0.2, -0.15) is 5.10 Å². The van der Waals surface area contributed by atoms with Crippen LogP contribution in [0, 0.1) is 13.8 Å². The number of anilines is 2. The van der Waals surface area contributed by atoms with Crippen molar-refractivity contribution in [1.82, 2.24) is 19.3 Å². The number of aryl methyl sites for hydroxylation is 4. The molecule has 3 aromatic heterocycles. The first kappa shape index (κ1) is 20.7. The molecule has 164 valence electrons. The second-order valence-corrected chi connectivity index (χ2v) is 9.52. The zero-order valence-corrected chi connectivity index (χ0v) is 19.3. The molecule has 0 saturated heterocycles. The summed E-state index contributed by atoms with van der Waals surface area (Å²) in [6.45, 7) is 9.03. The molecule has 0 unspecified atom stereocenters. The van der Waals surface area contributed by atoms with Gasteiger partial charge in [-0.15, -0.1) is 17.9 Å². The third-order valence-corrected chi connectivity index (χ3v) is 7.19. The van der Waals surface area contributed by atoms with E-state index in [4.69, 9.17) is 4.98 Å². The molecule has 0 aliphatic heterocycles. The fourth-order valence-electron chi connectivity index (χ4n) is 4.52. The maximum absolute atomic E-state index is 13.4. The van der Waals surface area contributed by atoms with Crippen molar-refractivity contribution >= 4 is 33.2 Å². The number of hydrogen-bond acceptors (Lipinski definition) is 5. The molecular formula is C25H27N5OS. The summed E-state index contributed by atoms with van der Waals surface area (Å²) in [4.78, 5) is 20.5. The van der Waals surface area contributed by atoms with Gasteiger partial charge in [-0.25, -0.2) is 4.98 Å². The van der Waals surface area contributed by atoms with Gasteiger partial charge < -0.3 is 5.32 Å². The highest BCUT2D eigenvalue weighted by atomic mass is 32.1. The van der Waals surface area contributed by atoms with E-state index >= 15 is 0 Å². The van der Waals surface area contributed by atoms with E-state index in [1.165, 1.54) is 16.9 Å². The fourth-order valence-corrected chi connectivity index (χ4v) is 5.77. The van der Waals surface area contributed by atoms with Gasteiger partial charge in [0.15, 0.2) is 0 Å². The predicted molar refractivity (Wildman–Crippen MR) is 131 cm³/mol. The van der Waals surface area contributed by atoms with E-state index in [0.717, 1.165) is 52.1 Å². The van der Waals surface area contributed by atoms with Crippen molar-refractivity contribution in [1.29, 1.82) is 0 Å². The van der Waals surface area contributed by atoms with Crippen LogP contribution in [0.1, 0.15) is 40.2 Å².